The summed E-state index contributed by atoms with van der Waals surface area (Å²) in [5.74, 6) is 3.04. The van der Waals surface area contributed by atoms with Gasteiger partial charge < -0.3 is 19.2 Å². The Kier molecular flexibility index (Phi) is 4.32. The molecule has 104 valence electrons. The molecule has 0 bridgehead atoms. The first-order valence-electron chi connectivity index (χ1n) is 6.49. The van der Waals surface area contributed by atoms with Crippen LogP contribution >= 0.6 is 0 Å². The average molecular weight is 263 g/mol. The van der Waals surface area contributed by atoms with Gasteiger partial charge in [0.15, 0.2) is 0 Å². The Labute approximate surface area is 113 Å². The first-order valence-corrected chi connectivity index (χ1v) is 6.49. The number of benzene rings is 1. The predicted octanol–water partition coefficient (Wildman–Crippen LogP) is 3.20. The molecule has 4 nitrogen and oxygen atoms in total. The van der Waals surface area contributed by atoms with E-state index >= 15 is 0 Å². The van der Waals surface area contributed by atoms with Gasteiger partial charge in [0.05, 0.1) is 26.2 Å². The highest BCUT2D eigenvalue weighted by Gasteiger charge is 2.11. The van der Waals surface area contributed by atoms with E-state index < -0.39 is 0 Å². The zero-order valence-electron chi connectivity index (χ0n) is 11.9. The van der Waals surface area contributed by atoms with Crippen LogP contribution < -0.4 is 14.8 Å². The van der Waals surface area contributed by atoms with E-state index in [1.165, 1.54) is 0 Å². The molecule has 0 saturated heterocycles. The minimum Gasteiger partial charge on any atom is -0.496 e. The molecule has 19 heavy (non-hydrogen) atoms. The molecule has 2 aromatic rings. The van der Waals surface area contributed by atoms with E-state index in [0.717, 1.165) is 41.3 Å². The zero-order chi connectivity index (χ0) is 13.8. The van der Waals surface area contributed by atoms with Gasteiger partial charge in [-0.25, -0.2) is 0 Å². The van der Waals surface area contributed by atoms with Gasteiger partial charge in [-0.15, -0.1) is 0 Å². The van der Waals surface area contributed by atoms with Crippen LogP contribution in [0.25, 0.3) is 11.0 Å². The van der Waals surface area contributed by atoms with E-state index in [9.17, 15) is 0 Å². The lowest BCUT2D eigenvalue weighted by Crippen LogP contribution is -2.18. The van der Waals surface area contributed by atoms with Crippen LogP contribution in [0.4, 0.5) is 0 Å². The Bertz CT molecular complexity index is 546. The van der Waals surface area contributed by atoms with E-state index in [-0.39, 0.29) is 0 Å². The van der Waals surface area contributed by atoms with Gasteiger partial charge >= 0.3 is 0 Å². The summed E-state index contributed by atoms with van der Waals surface area (Å²) in [5.41, 5.74) is 0.789. The normalized spacial score (nSPS) is 11.2. The van der Waals surface area contributed by atoms with Crippen LogP contribution in [0.3, 0.4) is 0 Å². The van der Waals surface area contributed by atoms with E-state index in [1.807, 2.05) is 18.2 Å². The Morgan fingerprint density at radius 2 is 1.95 bits per heavy atom. The number of hydrogen-bond acceptors (Lipinski definition) is 4. The summed E-state index contributed by atoms with van der Waals surface area (Å²) >= 11 is 0. The Balaban J connectivity index is 2.23. The van der Waals surface area contributed by atoms with E-state index in [0.29, 0.717) is 5.92 Å². The second-order valence-electron chi connectivity index (χ2n) is 4.98. The van der Waals surface area contributed by atoms with Crippen LogP contribution in [0.1, 0.15) is 19.6 Å². The minimum atomic E-state index is 0.624. The van der Waals surface area contributed by atoms with Crippen LogP contribution in [-0.4, -0.2) is 20.8 Å². The largest absolute Gasteiger partial charge is 0.496 e. The highest BCUT2D eigenvalue weighted by atomic mass is 16.5. The average Bonchev–Trinajstić information content (AvgIpc) is 2.79. The number of ether oxygens (including phenoxy) is 2. The molecule has 0 atom stereocenters. The minimum absolute atomic E-state index is 0.624. The topological polar surface area (TPSA) is 43.6 Å². The van der Waals surface area contributed by atoms with Gasteiger partial charge in [0.1, 0.15) is 22.8 Å². The monoisotopic (exact) mass is 263 g/mol. The Morgan fingerprint density at radius 1 is 1.16 bits per heavy atom. The van der Waals surface area contributed by atoms with Crippen LogP contribution in [0.5, 0.6) is 11.5 Å². The van der Waals surface area contributed by atoms with Crippen molar-refractivity contribution in [2.45, 2.75) is 20.4 Å². The molecule has 0 aliphatic heterocycles. The van der Waals surface area contributed by atoms with Crippen molar-refractivity contribution in [2.75, 3.05) is 20.8 Å². The van der Waals surface area contributed by atoms with Crippen LogP contribution in [0, 0.1) is 5.92 Å². The lowest BCUT2D eigenvalue weighted by molar-refractivity contribution is 0.396. The quantitative estimate of drug-likeness (QED) is 0.869. The molecule has 1 heterocycles. The molecular formula is C15H21NO3. The maximum absolute atomic E-state index is 5.81. The number of fused-ring (bicyclic) bond motifs is 1. The van der Waals surface area contributed by atoms with Crippen molar-refractivity contribution in [1.29, 1.82) is 0 Å². The molecule has 0 fully saturated rings. The third-order valence-corrected chi connectivity index (χ3v) is 2.93. The summed E-state index contributed by atoms with van der Waals surface area (Å²) in [6.07, 6.45) is 0. The first-order chi connectivity index (χ1) is 9.13. The number of nitrogens with one attached hydrogen (secondary N) is 1. The smallest absolute Gasteiger partial charge is 0.141 e. The Morgan fingerprint density at radius 3 is 2.58 bits per heavy atom. The van der Waals surface area contributed by atoms with Gasteiger partial charge in [-0.1, -0.05) is 13.8 Å². The van der Waals surface area contributed by atoms with Crippen LogP contribution in [-0.2, 0) is 6.54 Å². The molecular weight excluding hydrogens is 242 g/mol. The molecule has 0 unspecified atom stereocenters. The molecule has 0 radical (unpaired) electrons. The van der Waals surface area contributed by atoms with Crippen molar-refractivity contribution >= 4 is 11.0 Å². The SMILES string of the molecule is COc1cc(OC)c2cc(CNCC(C)C)oc2c1. The van der Waals surface area contributed by atoms with Crippen LogP contribution in [0.15, 0.2) is 22.6 Å². The molecule has 1 N–H and O–H groups in total. The van der Waals surface area contributed by atoms with E-state index in [4.69, 9.17) is 13.9 Å². The molecule has 1 aromatic heterocycles. The predicted molar refractivity (Wildman–Crippen MR) is 75.9 cm³/mol. The third kappa shape index (κ3) is 3.20. The third-order valence-electron chi connectivity index (χ3n) is 2.93. The number of furan rings is 1. The fourth-order valence-electron chi connectivity index (χ4n) is 1.99. The lowest BCUT2D eigenvalue weighted by Gasteiger charge is -2.04. The van der Waals surface area contributed by atoms with Gasteiger partial charge in [-0.2, -0.15) is 0 Å². The highest BCUT2D eigenvalue weighted by Crippen LogP contribution is 2.33. The maximum atomic E-state index is 5.81. The maximum Gasteiger partial charge on any atom is 0.141 e. The number of methoxy groups -OCH3 is 2. The molecule has 4 heteroatoms. The fourth-order valence-corrected chi connectivity index (χ4v) is 1.99. The first kappa shape index (κ1) is 13.7. The molecule has 1 aromatic carbocycles. The van der Waals surface area contributed by atoms with Gasteiger partial charge in [-0.05, 0) is 18.5 Å². The Hall–Kier alpha value is -1.68. The number of hydrogen-bond donors (Lipinski definition) is 1. The van der Waals surface area contributed by atoms with Crippen molar-refractivity contribution in [3.63, 3.8) is 0 Å². The zero-order valence-corrected chi connectivity index (χ0v) is 11.9. The van der Waals surface area contributed by atoms with Crippen molar-refractivity contribution < 1.29 is 13.9 Å². The number of rotatable bonds is 6. The molecule has 0 spiro atoms. The summed E-state index contributed by atoms with van der Waals surface area (Å²) in [5, 5.41) is 4.34. The summed E-state index contributed by atoms with van der Waals surface area (Å²) in [7, 11) is 3.28. The van der Waals surface area contributed by atoms with Gasteiger partial charge in [-0.3, -0.25) is 0 Å². The summed E-state index contributed by atoms with van der Waals surface area (Å²) in [6.45, 7) is 6.05. The van der Waals surface area contributed by atoms with E-state index in [2.05, 4.69) is 19.2 Å². The standard InChI is InChI=1S/C15H21NO3/c1-10(2)8-16-9-12-5-13-14(18-4)6-11(17-3)7-15(13)19-12/h5-7,10,16H,8-9H2,1-4H3. The second kappa shape index (κ2) is 5.97. The molecule has 0 saturated carbocycles. The van der Waals surface area contributed by atoms with Crippen molar-refractivity contribution in [3.8, 4) is 11.5 Å². The van der Waals surface area contributed by atoms with Crippen molar-refractivity contribution in [1.82, 2.24) is 5.32 Å². The van der Waals surface area contributed by atoms with Crippen molar-refractivity contribution in [2.24, 2.45) is 5.92 Å². The van der Waals surface area contributed by atoms with Gasteiger partial charge in [0.25, 0.3) is 0 Å². The summed E-state index contributed by atoms with van der Waals surface area (Å²) in [4.78, 5) is 0. The summed E-state index contributed by atoms with van der Waals surface area (Å²) < 4.78 is 16.4. The van der Waals surface area contributed by atoms with Gasteiger partial charge in [0, 0.05) is 12.1 Å². The molecule has 0 aliphatic rings. The fraction of sp³-hybridized carbons (Fsp3) is 0.467. The van der Waals surface area contributed by atoms with E-state index in [1.54, 1.807) is 14.2 Å². The molecule has 0 amide bonds. The van der Waals surface area contributed by atoms with Gasteiger partial charge in [0.2, 0.25) is 0 Å². The van der Waals surface area contributed by atoms with Crippen molar-refractivity contribution in [3.05, 3.63) is 24.0 Å². The lowest BCUT2D eigenvalue weighted by atomic mass is 10.2. The molecule has 0 aliphatic carbocycles. The second-order valence-corrected chi connectivity index (χ2v) is 4.98. The molecule has 2 rings (SSSR count). The highest BCUT2D eigenvalue weighted by molar-refractivity contribution is 5.86. The summed E-state index contributed by atoms with van der Waals surface area (Å²) in [6, 6.07) is 5.76. The van der Waals surface area contributed by atoms with Crippen LogP contribution in [0.2, 0.25) is 0 Å².